The third-order valence-electron chi connectivity index (χ3n) is 4.30. The van der Waals surface area contributed by atoms with Gasteiger partial charge in [-0.3, -0.25) is 4.68 Å². The SMILES string of the molecule is Fc1ccc([C@@H]2Cn3nc(-c4nc(-c5ccsc5)no4)cc3CO2)cc1. The first kappa shape index (κ1) is 15.4. The maximum absolute atomic E-state index is 13.1. The number of aromatic nitrogens is 4. The van der Waals surface area contributed by atoms with E-state index in [1.807, 2.05) is 27.6 Å². The predicted octanol–water partition coefficient (Wildman–Crippen LogP) is 4.07. The van der Waals surface area contributed by atoms with Crippen molar-refractivity contribution in [2.24, 2.45) is 0 Å². The molecule has 1 aliphatic rings. The van der Waals surface area contributed by atoms with E-state index in [0.29, 0.717) is 30.6 Å². The Balaban J connectivity index is 1.40. The van der Waals surface area contributed by atoms with Crippen molar-refractivity contribution in [1.29, 1.82) is 0 Å². The summed E-state index contributed by atoms with van der Waals surface area (Å²) in [6.07, 6.45) is -0.167. The smallest absolute Gasteiger partial charge is 0.278 e. The molecule has 0 bridgehead atoms. The van der Waals surface area contributed by atoms with E-state index >= 15 is 0 Å². The van der Waals surface area contributed by atoms with Crippen molar-refractivity contribution in [1.82, 2.24) is 19.9 Å². The molecule has 5 rings (SSSR count). The number of ether oxygens (including phenoxy) is 1. The highest BCUT2D eigenvalue weighted by molar-refractivity contribution is 7.08. The van der Waals surface area contributed by atoms with E-state index < -0.39 is 0 Å². The Bertz CT molecular complexity index is 1040. The molecule has 0 unspecified atom stereocenters. The first-order valence-corrected chi connectivity index (χ1v) is 9.01. The molecule has 1 aromatic carbocycles. The molecule has 1 aliphatic heterocycles. The summed E-state index contributed by atoms with van der Waals surface area (Å²) < 4.78 is 26.2. The van der Waals surface area contributed by atoms with E-state index in [-0.39, 0.29) is 11.9 Å². The van der Waals surface area contributed by atoms with Crippen LogP contribution < -0.4 is 0 Å². The second-order valence-corrected chi connectivity index (χ2v) is 6.77. The molecule has 0 fully saturated rings. The number of rotatable bonds is 3. The van der Waals surface area contributed by atoms with Gasteiger partial charge in [0.15, 0.2) is 5.69 Å². The lowest BCUT2D eigenvalue weighted by atomic mass is 10.1. The maximum atomic E-state index is 13.1. The summed E-state index contributed by atoms with van der Waals surface area (Å²) in [6, 6.07) is 10.2. The van der Waals surface area contributed by atoms with Gasteiger partial charge in [-0.05, 0) is 35.2 Å². The van der Waals surface area contributed by atoms with Crippen LogP contribution in [0.1, 0.15) is 17.4 Å². The molecule has 0 amide bonds. The van der Waals surface area contributed by atoms with E-state index in [4.69, 9.17) is 9.26 Å². The van der Waals surface area contributed by atoms with Gasteiger partial charge in [-0.15, -0.1) is 0 Å². The van der Waals surface area contributed by atoms with Crippen LogP contribution in [0.4, 0.5) is 4.39 Å². The largest absolute Gasteiger partial charge is 0.365 e. The molecule has 4 heterocycles. The van der Waals surface area contributed by atoms with Gasteiger partial charge in [0.05, 0.1) is 18.8 Å². The summed E-state index contributed by atoms with van der Waals surface area (Å²) in [5.74, 6) is 0.670. The molecule has 0 saturated carbocycles. The first-order valence-electron chi connectivity index (χ1n) is 8.07. The van der Waals surface area contributed by atoms with E-state index in [2.05, 4.69) is 15.2 Å². The summed E-state index contributed by atoms with van der Waals surface area (Å²) in [4.78, 5) is 4.42. The fourth-order valence-electron chi connectivity index (χ4n) is 2.95. The van der Waals surface area contributed by atoms with Crippen molar-refractivity contribution in [2.75, 3.05) is 0 Å². The number of hydrogen-bond donors (Lipinski definition) is 0. The Kier molecular flexibility index (Phi) is 3.65. The van der Waals surface area contributed by atoms with Crippen molar-refractivity contribution in [3.63, 3.8) is 0 Å². The van der Waals surface area contributed by atoms with Gasteiger partial charge in [0.2, 0.25) is 5.82 Å². The standard InChI is InChI=1S/C18H13FN4O2S/c19-13-3-1-11(2-4-13)16-8-23-14(9-24-16)7-15(21-23)18-20-17(22-25-18)12-5-6-26-10-12/h1-7,10,16H,8-9H2/t16-/m0/s1. The van der Waals surface area contributed by atoms with Crippen LogP contribution in [0.5, 0.6) is 0 Å². The third kappa shape index (κ3) is 2.73. The van der Waals surface area contributed by atoms with Crippen LogP contribution in [0.3, 0.4) is 0 Å². The average Bonchev–Trinajstić information content (AvgIpc) is 3.40. The molecule has 1 atom stereocenters. The lowest BCUT2D eigenvalue weighted by Gasteiger charge is -2.24. The normalized spacial score (nSPS) is 16.6. The van der Waals surface area contributed by atoms with Crippen LogP contribution in [0.2, 0.25) is 0 Å². The van der Waals surface area contributed by atoms with Crippen molar-refractivity contribution < 1.29 is 13.7 Å². The predicted molar refractivity (Wildman–Crippen MR) is 92.8 cm³/mol. The number of nitrogens with zero attached hydrogens (tertiary/aromatic N) is 4. The monoisotopic (exact) mass is 368 g/mol. The Morgan fingerprint density at radius 2 is 2.08 bits per heavy atom. The number of fused-ring (bicyclic) bond motifs is 1. The van der Waals surface area contributed by atoms with Crippen LogP contribution in [0.25, 0.3) is 23.0 Å². The quantitative estimate of drug-likeness (QED) is 0.545. The van der Waals surface area contributed by atoms with Gasteiger partial charge in [-0.2, -0.15) is 21.4 Å². The second-order valence-electron chi connectivity index (χ2n) is 5.99. The van der Waals surface area contributed by atoms with Crippen molar-refractivity contribution >= 4 is 11.3 Å². The topological polar surface area (TPSA) is 66.0 Å². The van der Waals surface area contributed by atoms with Crippen LogP contribution in [0, 0.1) is 5.82 Å². The molecule has 4 aromatic rings. The van der Waals surface area contributed by atoms with Crippen molar-refractivity contribution in [3.8, 4) is 23.0 Å². The van der Waals surface area contributed by atoms with Crippen LogP contribution in [0.15, 0.2) is 51.7 Å². The lowest BCUT2D eigenvalue weighted by molar-refractivity contribution is -0.00116. The highest BCUT2D eigenvalue weighted by Crippen LogP contribution is 2.29. The van der Waals surface area contributed by atoms with Crippen LogP contribution in [-0.2, 0) is 17.9 Å². The number of thiophene rings is 1. The second kappa shape index (κ2) is 6.15. The number of hydrogen-bond acceptors (Lipinski definition) is 6. The van der Waals surface area contributed by atoms with Crippen molar-refractivity contribution in [3.05, 3.63) is 64.2 Å². The van der Waals surface area contributed by atoms with Gasteiger partial charge in [-0.25, -0.2) is 4.39 Å². The third-order valence-corrected chi connectivity index (χ3v) is 4.98. The van der Waals surface area contributed by atoms with Gasteiger partial charge >= 0.3 is 0 Å². The lowest BCUT2D eigenvalue weighted by Crippen LogP contribution is -2.21. The van der Waals surface area contributed by atoms with Crippen LogP contribution in [-0.4, -0.2) is 19.9 Å². The molecule has 26 heavy (non-hydrogen) atoms. The molecule has 6 nitrogen and oxygen atoms in total. The zero-order chi connectivity index (χ0) is 17.5. The molecule has 3 aromatic heterocycles. The molecule has 0 aliphatic carbocycles. The van der Waals surface area contributed by atoms with Crippen molar-refractivity contribution in [2.45, 2.75) is 19.3 Å². The molecular weight excluding hydrogens is 355 g/mol. The van der Waals surface area contributed by atoms with E-state index in [1.54, 1.807) is 23.5 Å². The first-order chi connectivity index (χ1) is 12.8. The van der Waals surface area contributed by atoms with Gasteiger partial charge in [0.1, 0.15) is 11.9 Å². The van der Waals surface area contributed by atoms with E-state index in [0.717, 1.165) is 16.8 Å². The molecule has 0 saturated heterocycles. The summed E-state index contributed by atoms with van der Waals surface area (Å²) in [6.45, 7) is 0.965. The van der Waals surface area contributed by atoms with Gasteiger partial charge < -0.3 is 9.26 Å². The fraction of sp³-hybridized carbons (Fsp3) is 0.167. The minimum absolute atomic E-state index is 0.167. The highest BCUT2D eigenvalue weighted by Gasteiger charge is 2.24. The average molecular weight is 368 g/mol. The van der Waals surface area contributed by atoms with Gasteiger partial charge in [-0.1, -0.05) is 17.3 Å². The number of benzene rings is 1. The summed E-state index contributed by atoms with van der Waals surface area (Å²) >= 11 is 1.58. The summed E-state index contributed by atoms with van der Waals surface area (Å²) in [5, 5.41) is 12.5. The van der Waals surface area contributed by atoms with Gasteiger partial charge in [0, 0.05) is 10.9 Å². The molecule has 0 N–H and O–H groups in total. The zero-order valence-corrected chi connectivity index (χ0v) is 14.3. The van der Waals surface area contributed by atoms with Crippen LogP contribution >= 0.6 is 11.3 Å². The van der Waals surface area contributed by atoms with Gasteiger partial charge in [0.25, 0.3) is 5.89 Å². The maximum Gasteiger partial charge on any atom is 0.278 e. The number of halogens is 1. The molecule has 0 radical (unpaired) electrons. The zero-order valence-electron chi connectivity index (χ0n) is 13.5. The molecule has 0 spiro atoms. The molecular formula is C18H13FN4O2S. The highest BCUT2D eigenvalue weighted by atomic mass is 32.1. The Hall–Kier alpha value is -2.84. The van der Waals surface area contributed by atoms with E-state index in [9.17, 15) is 4.39 Å². The molecule has 8 heteroatoms. The minimum atomic E-state index is -0.260. The van der Waals surface area contributed by atoms with E-state index in [1.165, 1.54) is 12.1 Å². The summed E-state index contributed by atoms with van der Waals surface area (Å²) in [7, 11) is 0. The summed E-state index contributed by atoms with van der Waals surface area (Å²) in [5.41, 5.74) is 3.41. The Morgan fingerprint density at radius 3 is 2.88 bits per heavy atom. The minimum Gasteiger partial charge on any atom is -0.365 e. The fourth-order valence-corrected chi connectivity index (χ4v) is 3.58. The Morgan fingerprint density at radius 1 is 1.19 bits per heavy atom. The Labute approximate surface area is 151 Å². The molecule has 130 valence electrons.